The summed E-state index contributed by atoms with van der Waals surface area (Å²) in [5.41, 5.74) is 1.80. The van der Waals surface area contributed by atoms with E-state index in [1.54, 1.807) is 11.3 Å². The summed E-state index contributed by atoms with van der Waals surface area (Å²) >= 11 is 1.79. The van der Waals surface area contributed by atoms with E-state index in [9.17, 15) is 4.79 Å². The quantitative estimate of drug-likeness (QED) is 0.525. The molecule has 1 amide bonds. The van der Waals surface area contributed by atoms with E-state index in [0.29, 0.717) is 25.2 Å². The number of ether oxygens (including phenoxy) is 1. The Kier molecular flexibility index (Phi) is 8.49. The molecule has 2 aromatic rings. The van der Waals surface area contributed by atoms with E-state index in [2.05, 4.69) is 41.7 Å². The summed E-state index contributed by atoms with van der Waals surface area (Å²) in [6.07, 6.45) is 1.15. The highest BCUT2D eigenvalue weighted by atomic mass is 32.1. The smallest absolute Gasteiger partial charge is 0.254 e. The van der Waals surface area contributed by atoms with Crippen LogP contribution in [0.3, 0.4) is 0 Å². The second-order valence-electron chi connectivity index (χ2n) is 8.09. The van der Waals surface area contributed by atoms with Gasteiger partial charge in [-0.1, -0.05) is 18.2 Å². The van der Waals surface area contributed by atoms with E-state index in [4.69, 9.17) is 9.73 Å². The standard InChI is InChI=1S/C24H34N4O2S/c1-5-25-24(27(4)13-12-22-7-6-14-31-22)26-15-20-8-10-21(11-9-20)23(29)28-16-18(2)30-19(3)17-28/h6-11,14,18-19H,5,12-13,15-17H2,1-4H3,(H,25,26). The Hall–Kier alpha value is -2.38. The van der Waals surface area contributed by atoms with Crippen LogP contribution in [-0.2, 0) is 17.7 Å². The van der Waals surface area contributed by atoms with E-state index >= 15 is 0 Å². The number of nitrogens with zero attached hydrogens (tertiary/aromatic N) is 3. The van der Waals surface area contributed by atoms with Crippen molar-refractivity contribution in [1.29, 1.82) is 0 Å². The largest absolute Gasteiger partial charge is 0.372 e. The van der Waals surface area contributed by atoms with E-state index in [-0.39, 0.29) is 18.1 Å². The van der Waals surface area contributed by atoms with Gasteiger partial charge in [0, 0.05) is 43.7 Å². The minimum absolute atomic E-state index is 0.0682. The molecule has 2 heterocycles. The Morgan fingerprint density at radius 2 is 1.94 bits per heavy atom. The number of morpholine rings is 1. The summed E-state index contributed by atoms with van der Waals surface area (Å²) in [5, 5.41) is 5.48. The van der Waals surface area contributed by atoms with Gasteiger partial charge in [-0.15, -0.1) is 11.3 Å². The molecular weight excluding hydrogens is 408 g/mol. The van der Waals surface area contributed by atoms with Gasteiger partial charge in [0.2, 0.25) is 0 Å². The van der Waals surface area contributed by atoms with E-state index in [1.807, 2.05) is 43.0 Å². The van der Waals surface area contributed by atoms with Gasteiger partial charge in [0.1, 0.15) is 0 Å². The molecule has 1 aliphatic heterocycles. The van der Waals surface area contributed by atoms with Crippen molar-refractivity contribution >= 4 is 23.2 Å². The fraction of sp³-hybridized carbons (Fsp3) is 0.500. The second kappa shape index (κ2) is 11.3. The summed E-state index contributed by atoms with van der Waals surface area (Å²) in [6, 6.07) is 12.1. The Balaban J connectivity index is 1.58. The third-order valence-corrected chi connectivity index (χ3v) is 6.23. The molecule has 1 aromatic heterocycles. The highest BCUT2D eigenvalue weighted by Crippen LogP contribution is 2.15. The van der Waals surface area contributed by atoms with Gasteiger partial charge in [-0.2, -0.15) is 0 Å². The van der Waals surface area contributed by atoms with Crippen LogP contribution in [0.2, 0.25) is 0 Å². The maximum atomic E-state index is 12.8. The molecule has 2 atom stereocenters. The van der Waals surface area contributed by atoms with Crippen LogP contribution in [0.25, 0.3) is 0 Å². The second-order valence-corrected chi connectivity index (χ2v) is 9.12. The Morgan fingerprint density at radius 1 is 1.23 bits per heavy atom. The van der Waals surface area contributed by atoms with Crippen LogP contribution in [0, 0.1) is 0 Å². The Labute approximate surface area is 189 Å². The highest BCUT2D eigenvalue weighted by molar-refractivity contribution is 7.09. The normalized spacial score (nSPS) is 19.4. The van der Waals surface area contributed by atoms with Gasteiger partial charge in [0.25, 0.3) is 5.91 Å². The SMILES string of the molecule is CCNC(=NCc1ccc(C(=O)N2CC(C)OC(C)C2)cc1)N(C)CCc1cccs1. The number of benzene rings is 1. The number of hydrogen-bond donors (Lipinski definition) is 1. The van der Waals surface area contributed by atoms with Crippen LogP contribution < -0.4 is 5.32 Å². The molecule has 0 radical (unpaired) electrons. The third kappa shape index (κ3) is 6.80. The van der Waals surface area contributed by atoms with Crippen LogP contribution in [0.15, 0.2) is 46.8 Å². The average molecular weight is 443 g/mol. The number of carbonyl (C=O) groups excluding carboxylic acids is 1. The van der Waals surface area contributed by atoms with E-state index < -0.39 is 0 Å². The Morgan fingerprint density at radius 3 is 2.55 bits per heavy atom. The Bertz CT molecular complexity index is 841. The van der Waals surface area contributed by atoms with Crippen molar-refractivity contribution in [2.75, 3.05) is 33.2 Å². The molecule has 7 heteroatoms. The first-order chi connectivity index (χ1) is 15.0. The number of rotatable bonds is 7. The van der Waals surface area contributed by atoms with Gasteiger partial charge in [-0.05, 0) is 56.3 Å². The lowest BCUT2D eigenvalue weighted by Crippen LogP contribution is -2.48. The monoisotopic (exact) mass is 442 g/mol. The van der Waals surface area contributed by atoms with Crippen LogP contribution in [0.5, 0.6) is 0 Å². The van der Waals surface area contributed by atoms with Crippen LogP contribution in [0.4, 0.5) is 0 Å². The zero-order chi connectivity index (χ0) is 22.2. The zero-order valence-electron chi connectivity index (χ0n) is 19.0. The summed E-state index contributed by atoms with van der Waals surface area (Å²) in [5.74, 6) is 0.967. The van der Waals surface area contributed by atoms with Crippen molar-refractivity contribution in [3.05, 3.63) is 57.8 Å². The number of carbonyl (C=O) groups is 1. The minimum Gasteiger partial charge on any atom is -0.372 e. The molecule has 0 aliphatic carbocycles. The van der Waals surface area contributed by atoms with Gasteiger partial charge in [-0.25, -0.2) is 4.99 Å². The zero-order valence-corrected chi connectivity index (χ0v) is 19.8. The molecule has 0 saturated carbocycles. The average Bonchev–Trinajstić information content (AvgIpc) is 3.28. The molecule has 6 nitrogen and oxygen atoms in total. The van der Waals surface area contributed by atoms with E-state index in [1.165, 1.54) is 4.88 Å². The number of nitrogens with one attached hydrogen (secondary N) is 1. The van der Waals surface area contributed by atoms with Gasteiger partial charge in [0.05, 0.1) is 18.8 Å². The molecule has 1 saturated heterocycles. The van der Waals surface area contributed by atoms with Gasteiger partial charge in [0.15, 0.2) is 5.96 Å². The van der Waals surface area contributed by atoms with Crippen molar-refractivity contribution in [2.45, 2.75) is 45.9 Å². The van der Waals surface area contributed by atoms with Crippen LogP contribution in [0.1, 0.15) is 41.6 Å². The van der Waals surface area contributed by atoms with Gasteiger partial charge >= 0.3 is 0 Å². The molecule has 31 heavy (non-hydrogen) atoms. The first kappa shape index (κ1) is 23.3. The third-order valence-electron chi connectivity index (χ3n) is 5.29. The number of guanidine groups is 1. The molecule has 1 aliphatic rings. The van der Waals surface area contributed by atoms with Crippen molar-refractivity contribution < 1.29 is 9.53 Å². The topological polar surface area (TPSA) is 57.2 Å². The summed E-state index contributed by atoms with van der Waals surface area (Å²) in [4.78, 5) is 23.1. The van der Waals surface area contributed by atoms with E-state index in [0.717, 1.165) is 31.0 Å². The highest BCUT2D eigenvalue weighted by Gasteiger charge is 2.26. The fourth-order valence-corrected chi connectivity index (χ4v) is 4.45. The molecule has 1 fully saturated rings. The first-order valence-corrected chi connectivity index (χ1v) is 11.9. The summed E-state index contributed by atoms with van der Waals surface area (Å²) < 4.78 is 5.74. The van der Waals surface area contributed by atoms with Gasteiger partial charge < -0.3 is 19.9 Å². The first-order valence-electron chi connectivity index (χ1n) is 11.0. The van der Waals surface area contributed by atoms with Crippen LogP contribution >= 0.6 is 11.3 Å². The van der Waals surface area contributed by atoms with Crippen molar-refractivity contribution in [2.24, 2.45) is 4.99 Å². The lowest BCUT2D eigenvalue weighted by atomic mass is 10.1. The molecule has 0 bridgehead atoms. The maximum absolute atomic E-state index is 12.8. The summed E-state index contributed by atoms with van der Waals surface area (Å²) in [6.45, 7) is 9.69. The predicted molar refractivity (Wildman–Crippen MR) is 128 cm³/mol. The minimum atomic E-state index is 0.0682. The molecule has 1 aromatic carbocycles. The van der Waals surface area contributed by atoms with Crippen molar-refractivity contribution in [3.8, 4) is 0 Å². The predicted octanol–water partition coefficient (Wildman–Crippen LogP) is 3.64. The summed E-state index contributed by atoms with van der Waals surface area (Å²) in [7, 11) is 2.07. The lowest BCUT2D eigenvalue weighted by molar-refractivity contribution is -0.0586. The molecule has 0 spiro atoms. The molecular formula is C24H34N4O2S. The number of likely N-dealkylation sites (N-methyl/N-ethyl adjacent to an activating group) is 1. The number of amides is 1. The molecule has 168 valence electrons. The number of thiophene rings is 1. The van der Waals surface area contributed by atoms with Crippen LogP contribution in [-0.4, -0.2) is 67.1 Å². The molecule has 2 unspecified atom stereocenters. The lowest BCUT2D eigenvalue weighted by Gasteiger charge is -2.35. The fourth-order valence-electron chi connectivity index (χ4n) is 3.75. The van der Waals surface area contributed by atoms with Crippen molar-refractivity contribution in [1.82, 2.24) is 15.1 Å². The van der Waals surface area contributed by atoms with Gasteiger partial charge in [-0.3, -0.25) is 4.79 Å². The molecule has 3 rings (SSSR count). The van der Waals surface area contributed by atoms with Crippen molar-refractivity contribution in [3.63, 3.8) is 0 Å². The number of aliphatic imine (C=N–C) groups is 1. The maximum Gasteiger partial charge on any atom is 0.254 e. The number of hydrogen-bond acceptors (Lipinski definition) is 4. The molecule has 1 N–H and O–H groups in total.